The zero-order valence-electron chi connectivity index (χ0n) is 18.9. The lowest BCUT2D eigenvalue weighted by molar-refractivity contribution is -0.870. The smallest absolute Gasteiger partial charge is 0.0795 e. The summed E-state index contributed by atoms with van der Waals surface area (Å²) >= 11 is 0. The fraction of sp³-hybridized carbons (Fsp3) is 1.00. The monoisotopic (exact) mass is 355 g/mol. The van der Waals surface area contributed by atoms with Crippen molar-refractivity contribution < 1.29 is 4.48 Å². The Kier molecular flexibility index (Phi) is 15.0. The normalized spacial score (nSPS) is 13.8. The third kappa shape index (κ3) is 17.1. The van der Waals surface area contributed by atoms with E-state index in [2.05, 4.69) is 53.7 Å². The molecule has 0 aromatic heterocycles. The molecule has 0 bridgehead atoms. The van der Waals surface area contributed by atoms with Gasteiger partial charge < -0.3 is 9.38 Å². The van der Waals surface area contributed by atoms with Gasteiger partial charge in [-0.1, -0.05) is 78.6 Å². The Morgan fingerprint density at radius 1 is 0.720 bits per heavy atom. The van der Waals surface area contributed by atoms with Crippen LogP contribution < -0.4 is 0 Å². The maximum Gasteiger partial charge on any atom is 0.0795 e. The Labute approximate surface area is 160 Å². The SMILES string of the molecule is CCCCCCCCCCCCN(CC(C)C)C(C)CC[N+](C)(C)C. The lowest BCUT2D eigenvalue weighted by Crippen LogP contribution is -2.42. The quantitative estimate of drug-likeness (QED) is 0.217. The van der Waals surface area contributed by atoms with Crippen molar-refractivity contribution >= 4 is 0 Å². The molecule has 2 heteroatoms. The number of quaternary nitrogens is 1. The van der Waals surface area contributed by atoms with Gasteiger partial charge in [0.25, 0.3) is 0 Å². The number of rotatable bonds is 17. The van der Waals surface area contributed by atoms with Crippen molar-refractivity contribution in [1.29, 1.82) is 0 Å². The van der Waals surface area contributed by atoms with Crippen LogP contribution in [0.15, 0.2) is 0 Å². The van der Waals surface area contributed by atoms with Gasteiger partial charge in [0, 0.05) is 19.0 Å². The molecule has 25 heavy (non-hydrogen) atoms. The first kappa shape index (κ1) is 24.9. The van der Waals surface area contributed by atoms with E-state index in [4.69, 9.17) is 0 Å². The minimum Gasteiger partial charge on any atom is -0.331 e. The molecular weight excluding hydrogens is 304 g/mol. The summed E-state index contributed by atoms with van der Waals surface area (Å²) in [7, 11) is 6.92. The van der Waals surface area contributed by atoms with Gasteiger partial charge in [0.05, 0.1) is 27.7 Å². The Morgan fingerprint density at radius 2 is 1.20 bits per heavy atom. The Morgan fingerprint density at radius 3 is 1.64 bits per heavy atom. The van der Waals surface area contributed by atoms with Gasteiger partial charge >= 0.3 is 0 Å². The van der Waals surface area contributed by atoms with Crippen LogP contribution in [-0.2, 0) is 0 Å². The third-order valence-corrected chi connectivity index (χ3v) is 5.24. The first-order chi connectivity index (χ1) is 11.8. The molecule has 0 spiro atoms. The van der Waals surface area contributed by atoms with E-state index in [0.29, 0.717) is 0 Å². The van der Waals surface area contributed by atoms with Crippen molar-refractivity contribution in [3.8, 4) is 0 Å². The molecule has 0 aliphatic rings. The highest BCUT2D eigenvalue weighted by Gasteiger charge is 2.17. The molecule has 0 aromatic carbocycles. The van der Waals surface area contributed by atoms with Crippen molar-refractivity contribution in [3.63, 3.8) is 0 Å². The van der Waals surface area contributed by atoms with Gasteiger partial charge in [0.1, 0.15) is 0 Å². The Balaban J connectivity index is 3.85. The topological polar surface area (TPSA) is 3.24 Å². The molecule has 0 aliphatic heterocycles. The largest absolute Gasteiger partial charge is 0.331 e. The first-order valence-electron chi connectivity index (χ1n) is 11.3. The van der Waals surface area contributed by atoms with Crippen LogP contribution in [0.2, 0.25) is 0 Å². The molecule has 2 nitrogen and oxygen atoms in total. The summed E-state index contributed by atoms with van der Waals surface area (Å²) in [6, 6.07) is 0.721. The van der Waals surface area contributed by atoms with Crippen LogP contribution in [0.4, 0.5) is 0 Å². The molecular formula is C23H51N2+. The second-order valence-corrected chi connectivity index (χ2v) is 9.72. The summed E-state index contributed by atoms with van der Waals surface area (Å²) in [6.45, 7) is 13.3. The molecule has 0 N–H and O–H groups in total. The second kappa shape index (κ2) is 15.0. The van der Waals surface area contributed by atoms with Crippen molar-refractivity contribution in [2.45, 2.75) is 104 Å². The van der Waals surface area contributed by atoms with Crippen molar-refractivity contribution in [2.24, 2.45) is 5.92 Å². The van der Waals surface area contributed by atoms with Crippen LogP contribution in [0.5, 0.6) is 0 Å². The molecule has 152 valence electrons. The van der Waals surface area contributed by atoms with Gasteiger partial charge in [-0.25, -0.2) is 0 Å². The van der Waals surface area contributed by atoms with Gasteiger partial charge in [-0.3, -0.25) is 0 Å². The van der Waals surface area contributed by atoms with Gasteiger partial charge in [0.15, 0.2) is 0 Å². The maximum atomic E-state index is 2.76. The molecule has 0 aliphatic carbocycles. The van der Waals surface area contributed by atoms with Crippen molar-refractivity contribution in [3.05, 3.63) is 0 Å². The molecule has 0 radical (unpaired) electrons. The molecule has 0 saturated heterocycles. The van der Waals surface area contributed by atoms with Crippen molar-refractivity contribution in [2.75, 3.05) is 40.8 Å². The fourth-order valence-electron chi connectivity index (χ4n) is 3.52. The highest BCUT2D eigenvalue weighted by molar-refractivity contribution is 4.69. The number of nitrogens with zero attached hydrogens (tertiary/aromatic N) is 2. The van der Waals surface area contributed by atoms with Crippen LogP contribution in [-0.4, -0.2) is 56.2 Å². The predicted octanol–water partition coefficient (Wildman–Crippen LogP) is 6.35. The van der Waals surface area contributed by atoms with Crippen LogP contribution in [0.25, 0.3) is 0 Å². The Bertz CT molecular complexity index is 280. The Hall–Kier alpha value is -0.0800. The van der Waals surface area contributed by atoms with Crippen LogP contribution >= 0.6 is 0 Å². The minimum atomic E-state index is 0.721. The van der Waals surface area contributed by atoms with Gasteiger partial charge in [-0.15, -0.1) is 0 Å². The number of hydrogen-bond acceptors (Lipinski definition) is 1. The molecule has 0 aromatic rings. The highest BCUT2D eigenvalue weighted by atomic mass is 15.3. The lowest BCUT2D eigenvalue weighted by atomic mass is 10.1. The highest BCUT2D eigenvalue weighted by Crippen LogP contribution is 2.14. The van der Waals surface area contributed by atoms with E-state index in [1.54, 1.807) is 0 Å². The minimum absolute atomic E-state index is 0.721. The summed E-state index contributed by atoms with van der Waals surface area (Å²) in [5.74, 6) is 0.773. The number of hydrogen-bond donors (Lipinski definition) is 0. The molecule has 1 atom stereocenters. The van der Waals surface area contributed by atoms with E-state index in [0.717, 1.165) is 16.4 Å². The number of unbranched alkanes of at least 4 members (excludes halogenated alkanes) is 9. The predicted molar refractivity (Wildman–Crippen MR) is 115 cm³/mol. The summed E-state index contributed by atoms with van der Waals surface area (Å²) in [5, 5.41) is 0. The summed E-state index contributed by atoms with van der Waals surface area (Å²) in [5.41, 5.74) is 0. The third-order valence-electron chi connectivity index (χ3n) is 5.24. The van der Waals surface area contributed by atoms with Gasteiger partial charge in [0.2, 0.25) is 0 Å². The van der Waals surface area contributed by atoms with E-state index in [-0.39, 0.29) is 0 Å². The standard InChI is InChI=1S/C23H51N2/c1-8-9-10-11-12-13-14-15-16-17-19-24(21-22(2)3)23(4)18-20-25(5,6)7/h22-23H,8-21H2,1-7H3/q+1. The zero-order valence-corrected chi connectivity index (χ0v) is 18.9. The van der Waals surface area contributed by atoms with Crippen LogP contribution in [0.3, 0.4) is 0 Å². The molecule has 0 rings (SSSR count). The summed E-state index contributed by atoms with van der Waals surface area (Å²) < 4.78 is 1.08. The molecule has 0 saturated carbocycles. The van der Waals surface area contributed by atoms with Crippen LogP contribution in [0, 0.1) is 5.92 Å². The van der Waals surface area contributed by atoms with E-state index in [1.165, 1.54) is 90.3 Å². The average Bonchev–Trinajstić information content (AvgIpc) is 2.52. The fourth-order valence-corrected chi connectivity index (χ4v) is 3.52. The summed E-state index contributed by atoms with van der Waals surface area (Å²) in [4.78, 5) is 2.76. The van der Waals surface area contributed by atoms with E-state index >= 15 is 0 Å². The first-order valence-corrected chi connectivity index (χ1v) is 11.3. The molecule has 0 fully saturated rings. The zero-order chi connectivity index (χ0) is 19.1. The van der Waals surface area contributed by atoms with E-state index in [1.807, 2.05) is 0 Å². The average molecular weight is 356 g/mol. The van der Waals surface area contributed by atoms with Crippen LogP contribution in [0.1, 0.15) is 98.3 Å². The summed E-state index contributed by atoms with van der Waals surface area (Å²) in [6.07, 6.45) is 15.6. The lowest BCUT2D eigenvalue weighted by Gasteiger charge is -2.33. The van der Waals surface area contributed by atoms with Crippen molar-refractivity contribution in [1.82, 2.24) is 4.90 Å². The van der Waals surface area contributed by atoms with Gasteiger partial charge in [-0.05, 0) is 25.8 Å². The molecule has 0 amide bonds. The van der Waals surface area contributed by atoms with E-state index < -0.39 is 0 Å². The molecule has 1 unspecified atom stereocenters. The second-order valence-electron chi connectivity index (χ2n) is 9.72. The molecule has 0 heterocycles. The van der Waals surface area contributed by atoms with E-state index in [9.17, 15) is 0 Å². The maximum absolute atomic E-state index is 2.76. The van der Waals surface area contributed by atoms with Gasteiger partial charge in [-0.2, -0.15) is 0 Å².